The minimum Gasteiger partial charge on any atom is -0.395 e. The number of rotatable bonds is 9. The number of nitrogens with one attached hydrogen (secondary N) is 1. The second kappa shape index (κ2) is 10.0. The fourth-order valence-electron chi connectivity index (χ4n) is 1.54. The largest absolute Gasteiger partial charge is 0.395 e. The molecule has 0 aliphatic carbocycles. The predicted octanol–water partition coefficient (Wildman–Crippen LogP) is 2.32. The summed E-state index contributed by atoms with van der Waals surface area (Å²) in [5, 5.41) is 12.0. The zero-order valence-electron chi connectivity index (χ0n) is 9.18. The van der Waals surface area contributed by atoms with Crippen molar-refractivity contribution in [3.05, 3.63) is 0 Å². The van der Waals surface area contributed by atoms with Gasteiger partial charge in [0.05, 0.1) is 6.61 Å². The molecule has 1 atom stereocenters. The Morgan fingerprint density at radius 1 is 1.15 bits per heavy atom. The van der Waals surface area contributed by atoms with E-state index in [-0.39, 0.29) is 6.61 Å². The van der Waals surface area contributed by atoms with Gasteiger partial charge in [-0.2, -0.15) is 0 Å². The molecule has 0 heterocycles. The van der Waals surface area contributed by atoms with E-state index in [2.05, 4.69) is 19.2 Å². The lowest BCUT2D eigenvalue weighted by Gasteiger charge is -2.15. The minimum atomic E-state index is 0.255. The normalized spacial score (nSPS) is 13.2. The third kappa shape index (κ3) is 8.26. The van der Waals surface area contributed by atoms with E-state index < -0.39 is 0 Å². The van der Waals surface area contributed by atoms with Gasteiger partial charge in [0.1, 0.15) is 0 Å². The topological polar surface area (TPSA) is 32.3 Å². The lowest BCUT2D eigenvalue weighted by molar-refractivity contribution is 0.280. The number of aliphatic hydroxyl groups excluding tert-OH is 1. The molecule has 0 radical (unpaired) electrons. The van der Waals surface area contributed by atoms with Crippen LogP contribution in [0.1, 0.15) is 52.4 Å². The van der Waals surface area contributed by atoms with Gasteiger partial charge in [-0.25, -0.2) is 0 Å². The van der Waals surface area contributed by atoms with Crippen molar-refractivity contribution in [3.8, 4) is 0 Å². The summed E-state index contributed by atoms with van der Waals surface area (Å²) in [6.45, 7) is 5.44. The van der Waals surface area contributed by atoms with E-state index in [9.17, 15) is 0 Å². The Balaban J connectivity index is 3.25. The van der Waals surface area contributed by atoms with Gasteiger partial charge in [0.2, 0.25) is 0 Å². The highest BCUT2D eigenvalue weighted by Crippen LogP contribution is 2.07. The fraction of sp³-hybridized carbons (Fsp3) is 1.00. The second-order valence-electron chi connectivity index (χ2n) is 3.63. The van der Waals surface area contributed by atoms with Gasteiger partial charge in [0, 0.05) is 12.6 Å². The molecule has 0 spiro atoms. The average Bonchev–Trinajstić information content (AvgIpc) is 2.17. The van der Waals surface area contributed by atoms with Crippen molar-refractivity contribution in [3.63, 3.8) is 0 Å². The molecule has 2 nitrogen and oxygen atoms in total. The van der Waals surface area contributed by atoms with E-state index in [1.165, 1.54) is 38.5 Å². The Kier molecular flexibility index (Phi) is 9.94. The molecule has 0 aromatic carbocycles. The molecule has 0 aliphatic heterocycles. The molecular weight excluding hydrogens is 162 g/mol. The van der Waals surface area contributed by atoms with Gasteiger partial charge in [-0.15, -0.1) is 0 Å². The van der Waals surface area contributed by atoms with Gasteiger partial charge < -0.3 is 10.4 Å². The van der Waals surface area contributed by atoms with Crippen LogP contribution in [0.2, 0.25) is 0 Å². The number of unbranched alkanes of at least 4 members (excludes halogenated alkanes) is 3. The maximum Gasteiger partial charge on any atom is 0.0556 e. The van der Waals surface area contributed by atoms with Gasteiger partial charge in [-0.3, -0.25) is 0 Å². The van der Waals surface area contributed by atoms with E-state index in [1.807, 2.05) is 0 Å². The Morgan fingerprint density at radius 3 is 2.46 bits per heavy atom. The Labute approximate surface area is 82.7 Å². The van der Waals surface area contributed by atoms with Crippen molar-refractivity contribution in [2.24, 2.45) is 0 Å². The molecule has 0 rings (SSSR count). The van der Waals surface area contributed by atoms with Crippen molar-refractivity contribution in [2.45, 2.75) is 58.4 Å². The van der Waals surface area contributed by atoms with Gasteiger partial charge in [-0.1, -0.05) is 39.5 Å². The molecule has 0 fully saturated rings. The molecule has 0 bridgehead atoms. The molecule has 0 unspecified atom stereocenters. The first-order valence-electron chi connectivity index (χ1n) is 5.69. The molecule has 0 saturated heterocycles. The molecular formula is C11H25NO. The van der Waals surface area contributed by atoms with Gasteiger partial charge in [0.15, 0.2) is 0 Å². The molecule has 2 heteroatoms. The van der Waals surface area contributed by atoms with Crippen molar-refractivity contribution in [1.82, 2.24) is 5.32 Å². The molecule has 13 heavy (non-hydrogen) atoms. The summed E-state index contributed by atoms with van der Waals surface area (Å²) in [6.07, 6.45) is 7.78. The molecule has 0 aromatic heterocycles. The van der Waals surface area contributed by atoms with E-state index in [0.29, 0.717) is 6.04 Å². The van der Waals surface area contributed by atoms with Gasteiger partial charge >= 0.3 is 0 Å². The van der Waals surface area contributed by atoms with Crippen LogP contribution in [0.5, 0.6) is 0 Å². The second-order valence-corrected chi connectivity index (χ2v) is 3.63. The first kappa shape index (κ1) is 12.9. The maximum absolute atomic E-state index is 8.66. The zero-order chi connectivity index (χ0) is 9.94. The van der Waals surface area contributed by atoms with Crippen molar-refractivity contribution in [1.29, 1.82) is 0 Å². The van der Waals surface area contributed by atoms with Crippen molar-refractivity contribution >= 4 is 0 Å². The van der Waals surface area contributed by atoms with Gasteiger partial charge in [0.25, 0.3) is 0 Å². The van der Waals surface area contributed by atoms with Gasteiger partial charge in [-0.05, 0) is 12.8 Å². The number of hydrogen-bond donors (Lipinski definition) is 2. The van der Waals surface area contributed by atoms with Crippen LogP contribution < -0.4 is 5.32 Å². The highest BCUT2D eigenvalue weighted by molar-refractivity contribution is 4.64. The number of aliphatic hydroxyl groups is 1. The number of hydrogen-bond acceptors (Lipinski definition) is 2. The first-order chi connectivity index (χ1) is 6.35. The standard InChI is InChI=1S/C11H25NO/c1-3-5-6-7-8-11(4-2)12-9-10-13/h11-13H,3-10H2,1-2H3/t11-/m0/s1. The monoisotopic (exact) mass is 187 g/mol. The Morgan fingerprint density at radius 2 is 1.92 bits per heavy atom. The summed E-state index contributed by atoms with van der Waals surface area (Å²) in [4.78, 5) is 0. The van der Waals surface area contributed by atoms with Crippen LogP contribution in [-0.2, 0) is 0 Å². The van der Waals surface area contributed by atoms with Crippen molar-refractivity contribution in [2.75, 3.05) is 13.2 Å². The molecule has 80 valence electrons. The minimum absolute atomic E-state index is 0.255. The van der Waals surface area contributed by atoms with E-state index >= 15 is 0 Å². The lowest BCUT2D eigenvalue weighted by Crippen LogP contribution is -2.30. The molecule has 0 saturated carbocycles. The van der Waals surface area contributed by atoms with Crippen LogP contribution in [0.3, 0.4) is 0 Å². The van der Waals surface area contributed by atoms with Crippen LogP contribution in [0.15, 0.2) is 0 Å². The third-order valence-electron chi connectivity index (χ3n) is 2.44. The quantitative estimate of drug-likeness (QED) is 0.543. The van der Waals surface area contributed by atoms with Crippen molar-refractivity contribution < 1.29 is 5.11 Å². The summed E-state index contributed by atoms with van der Waals surface area (Å²) in [6, 6.07) is 0.615. The average molecular weight is 187 g/mol. The zero-order valence-corrected chi connectivity index (χ0v) is 9.18. The van der Waals surface area contributed by atoms with E-state index in [4.69, 9.17) is 5.11 Å². The fourth-order valence-corrected chi connectivity index (χ4v) is 1.54. The molecule has 0 amide bonds. The molecule has 2 N–H and O–H groups in total. The summed E-state index contributed by atoms with van der Waals surface area (Å²) < 4.78 is 0. The highest BCUT2D eigenvalue weighted by atomic mass is 16.3. The van der Waals surface area contributed by atoms with Crippen LogP contribution in [0.25, 0.3) is 0 Å². The lowest BCUT2D eigenvalue weighted by atomic mass is 10.1. The Hall–Kier alpha value is -0.0800. The first-order valence-corrected chi connectivity index (χ1v) is 5.69. The van der Waals surface area contributed by atoms with Crippen LogP contribution >= 0.6 is 0 Å². The SMILES string of the molecule is CCCCCC[C@H](CC)NCCO. The highest BCUT2D eigenvalue weighted by Gasteiger charge is 2.03. The van der Waals surface area contributed by atoms with E-state index in [0.717, 1.165) is 6.54 Å². The molecule has 0 aromatic rings. The van der Waals surface area contributed by atoms with Crippen LogP contribution in [0.4, 0.5) is 0 Å². The Bertz CT molecular complexity index is 96.1. The summed E-state index contributed by atoms with van der Waals surface area (Å²) >= 11 is 0. The predicted molar refractivity (Wildman–Crippen MR) is 57.9 cm³/mol. The molecule has 0 aliphatic rings. The summed E-state index contributed by atoms with van der Waals surface area (Å²) in [7, 11) is 0. The summed E-state index contributed by atoms with van der Waals surface area (Å²) in [5.41, 5.74) is 0. The van der Waals surface area contributed by atoms with Crippen LogP contribution in [-0.4, -0.2) is 24.3 Å². The summed E-state index contributed by atoms with van der Waals surface area (Å²) in [5.74, 6) is 0. The third-order valence-corrected chi connectivity index (χ3v) is 2.44. The smallest absolute Gasteiger partial charge is 0.0556 e. The maximum atomic E-state index is 8.66. The van der Waals surface area contributed by atoms with Crippen LogP contribution in [0, 0.1) is 0 Å². The van der Waals surface area contributed by atoms with E-state index in [1.54, 1.807) is 0 Å².